The van der Waals surface area contributed by atoms with Gasteiger partial charge in [0.2, 0.25) is 0 Å². The van der Waals surface area contributed by atoms with E-state index in [0.717, 1.165) is 25.9 Å². The molecule has 0 rings (SSSR count). The predicted octanol–water partition coefficient (Wildman–Crippen LogP) is 1.35. The Morgan fingerprint density at radius 3 is 1.95 bits per heavy atom. The van der Waals surface area contributed by atoms with E-state index in [9.17, 15) is 14.7 Å². The van der Waals surface area contributed by atoms with Crippen LogP contribution in [0.15, 0.2) is 0 Å². The second-order valence-corrected chi connectivity index (χ2v) is 6.96. The minimum atomic E-state index is -1.04. The van der Waals surface area contributed by atoms with Crippen molar-refractivity contribution < 1.29 is 19.8 Å². The molecule has 20 heavy (non-hydrogen) atoms. The normalized spacial score (nSPS) is 14.2. The third-order valence-corrected chi connectivity index (χ3v) is 5.05. The Hall–Kier alpha value is -0.440. The van der Waals surface area contributed by atoms with E-state index in [1.54, 1.807) is 0 Å². The molecule has 6 nitrogen and oxygen atoms in total. The van der Waals surface area contributed by atoms with E-state index in [-0.39, 0.29) is 5.75 Å². The molecular weight excluding hydrogens is 300 g/mol. The summed E-state index contributed by atoms with van der Waals surface area (Å²) in [7, 11) is 2.68. The molecule has 0 aromatic rings. The van der Waals surface area contributed by atoms with Gasteiger partial charge in [-0.05, 0) is 25.9 Å². The van der Waals surface area contributed by atoms with Crippen LogP contribution in [-0.4, -0.2) is 63.7 Å². The first kappa shape index (κ1) is 19.6. The summed E-state index contributed by atoms with van der Waals surface area (Å²) in [5.74, 6) is -1.17. The molecule has 0 radical (unpaired) electrons. The molecule has 0 unspecified atom stereocenters. The third kappa shape index (κ3) is 7.98. The molecule has 0 aromatic heterocycles. The van der Waals surface area contributed by atoms with E-state index < -0.39 is 24.0 Å². The summed E-state index contributed by atoms with van der Waals surface area (Å²) in [4.78, 5) is 23.9. The molecule has 4 N–H and O–H groups in total. The molecule has 2 atom stereocenters. The number of rotatable bonds is 12. The highest BCUT2D eigenvalue weighted by atomic mass is 33.1. The minimum absolute atomic E-state index is 0.272. The molecule has 0 saturated heterocycles. The van der Waals surface area contributed by atoms with Crippen LogP contribution in [0, 0.1) is 0 Å². The number of carbonyl (C=O) groups is 2. The van der Waals surface area contributed by atoms with Gasteiger partial charge in [-0.2, -0.15) is 0 Å². The summed E-state index contributed by atoms with van der Waals surface area (Å²) in [6, 6.07) is -1.44. The Morgan fingerprint density at radius 2 is 1.55 bits per heavy atom. The van der Waals surface area contributed by atoms with Gasteiger partial charge in [-0.15, -0.1) is 0 Å². The summed E-state index contributed by atoms with van der Waals surface area (Å²) in [5, 5.41) is 18.0. The highest BCUT2D eigenvalue weighted by Crippen LogP contribution is 2.24. The van der Waals surface area contributed by atoms with Crippen LogP contribution in [-0.2, 0) is 9.59 Å². The van der Waals surface area contributed by atoms with Gasteiger partial charge >= 0.3 is 11.9 Å². The Kier molecular flexibility index (Phi) is 11.0. The van der Waals surface area contributed by atoms with Gasteiger partial charge in [-0.25, -0.2) is 0 Å². The number of carboxylic acids is 2. The van der Waals surface area contributed by atoms with Crippen LogP contribution in [0.2, 0.25) is 0 Å². The zero-order valence-corrected chi connectivity index (χ0v) is 13.6. The smallest absolute Gasteiger partial charge is 0.321 e. The number of carboxylic acid groups (broad SMARTS) is 2. The lowest BCUT2D eigenvalue weighted by Crippen LogP contribution is -2.43. The SMILES string of the molecule is CCCN(CCC)[C@@H](CSSC[C@H](N)C(=O)O)C(=O)O. The molecule has 8 heteroatoms. The summed E-state index contributed by atoms with van der Waals surface area (Å²) in [6.45, 7) is 5.56. The molecule has 0 saturated carbocycles. The maximum absolute atomic E-state index is 11.3. The van der Waals surface area contributed by atoms with Crippen molar-refractivity contribution in [2.75, 3.05) is 24.6 Å². The van der Waals surface area contributed by atoms with E-state index >= 15 is 0 Å². The average molecular weight is 324 g/mol. The Bertz CT molecular complexity index is 299. The van der Waals surface area contributed by atoms with Crippen molar-refractivity contribution in [3.63, 3.8) is 0 Å². The van der Waals surface area contributed by atoms with Gasteiger partial charge in [0.25, 0.3) is 0 Å². The van der Waals surface area contributed by atoms with Crippen LogP contribution in [0.25, 0.3) is 0 Å². The van der Waals surface area contributed by atoms with E-state index in [4.69, 9.17) is 10.8 Å². The van der Waals surface area contributed by atoms with Crippen molar-refractivity contribution in [3.8, 4) is 0 Å². The summed E-state index contributed by atoms with van der Waals surface area (Å²) >= 11 is 0. The van der Waals surface area contributed by atoms with Crippen LogP contribution >= 0.6 is 21.6 Å². The Morgan fingerprint density at radius 1 is 1.05 bits per heavy atom. The highest BCUT2D eigenvalue weighted by Gasteiger charge is 2.24. The third-order valence-electron chi connectivity index (χ3n) is 2.62. The molecule has 0 aliphatic heterocycles. The minimum Gasteiger partial charge on any atom is -0.480 e. The van der Waals surface area contributed by atoms with Gasteiger partial charge in [-0.1, -0.05) is 35.4 Å². The van der Waals surface area contributed by atoms with Crippen molar-refractivity contribution in [1.82, 2.24) is 4.90 Å². The summed E-state index contributed by atoms with van der Waals surface area (Å²) in [6.07, 6.45) is 1.82. The van der Waals surface area contributed by atoms with Crippen LogP contribution in [0.5, 0.6) is 0 Å². The number of nitrogens with two attached hydrogens (primary N) is 1. The fourth-order valence-corrected chi connectivity index (χ4v) is 4.00. The summed E-state index contributed by atoms with van der Waals surface area (Å²) < 4.78 is 0. The van der Waals surface area contributed by atoms with Crippen LogP contribution in [0.4, 0.5) is 0 Å². The van der Waals surface area contributed by atoms with E-state index in [0.29, 0.717) is 5.75 Å². The quantitative estimate of drug-likeness (QED) is 0.365. The van der Waals surface area contributed by atoms with Crippen molar-refractivity contribution in [2.24, 2.45) is 5.73 Å². The van der Waals surface area contributed by atoms with Crippen LogP contribution in [0.1, 0.15) is 26.7 Å². The lowest BCUT2D eigenvalue weighted by Gasteiger charge is -2.27. The van der Waals surface area contributed by atoms with Crippen LogP contribution < -0.4 is 5.73 Å². The fourth-order valence-electron chi connectivity index (χ4n) is 1.64. The second-order valence-electron chi connectivity index (χ2n) is 4.40. The van der Waals surface area contributed by atoms with E-state index in [2.05, 4.69) is 0 Å². The van der Waals surface area contributed by atoms with Crippen LogP contribution in [0.3, 0.4) is 0 Å². The molecule has 0 fully saturated rings. The first-order valence-corrected chi connectivity index (χ1v) is 9.12. The molecule has 0 aromatic carbocycles. The van der Waals surface area contributed by atoms with E-state index in [1.807, 2.05) is 18.7 Å². The average Bonchev–Trinajstić information content (AvgIpc) is 2.37. The van der Waals surface area contributed by atoms with Gasteiger partial charge in [0.15, 0.2) is 0 Å². The van der Waals surface area contributed by atoms with Crippen molar-refractivity contribution in [1.29, 1.82) is 0 Å². The van der Waals surface area contributed by atoms with Crippen molar-refractivity contribution in [2.45, 2.75) is 38.8 Å². The van der Waals surface area contributed by atoms with Gasteiger partial charge in [-0.3, -0.25) is 14.5 Å². The van der Waals surface area contributed by atoms with Crippen molar-refractivity contribution in [3.05, 3.63) is 0 Å². The van der Waals surface area contributed by atoms with Gasteiger partial charge in [0.1, 0.15) is 12.1 Å². The second kappa shape index (κ2) is 11.2. The number of aliphatic carboxylic acids is 2. The molecule has 0 aliphatic rings. The first-order chi connectivity index (χ1) is 9.43. The number of hydrogen-bond donors (Lipinski definition) is 3. The summed E-state index contributed by atoms with van der Waals surface area (Å²) in [5.41, 5.74) is 5.39. The van der Waals surface area contributed by atoms with Gasteiger partial charge in [0.05, 0.1) is 0 Å². The monoisotopic (exact) mass is 324 g/mol. The number of nitrogens with zero attached hydrogens (tertiary/aromatic N) is 1. The Labute approximate surface area is 127 Å². The standard InChI is InChI=1S/C12H24N2O4S2/c1-3-5-14(6-4-2)10(12(17)18)8-20-19-7-9(13)11(15)16/h9-10H,3-8,13H2,1-2H3,(H,15,16)(H,17,18)/t9-,10-/m0/s1. The topological polar surface area (TPSA) is 104 Å². The zero-order valence-electron chi connectivity index (χ0n) is 11.9. The molecule has 0 spiro atoms. The number of hydrogen-bond acceptors (Lipinski definition) is 6. The molecule has 118 valence electrons. The molecule has 0 amide bonds. The molecule has 0 aliphatic carbocycles. The molecule has 0 heterocycles. The maximum Gasteiger partial charge on any atom is 0.321 e. The fraction of sp³-hybridized carbons (Fsp3) is 0.833. The highest BCUT2D eigenvalue weighted by molar-refractivity contribution is 8.76. The van der Waals surface area contributed by atoms with E-state index in [1.165, 1.54) is 21.6 Å². The molecule has 0 bridgehead atoms. The largest absolute Gasteiger partial charge is 0.480 e. The predicted molar refractivity (Wildman–Crippen MR) is 84.1 cm³/mol. The maximum atomic E-state index is 11.3. The van der Waals surface area contributed by atoms with Gasteiger partial charge < -0.3 is 15.9 Å². The zero-order chi connectivity index (χ0) is 15.5. The van der Waals surface area contributed by atoms with Gasteiger partial charge in [0, 0.05) is 11.5 Å². The lowest BCUT2D eigenvalue weighted by molar-refractivity contribution is -0.142. The lowest BCUT2D eigenvalue weighted by atomic mass is 10.2. The first-order valence-electron chi connectivity index (χ1n) is 6.63. The Balaban J connectivity index is 4.25. The van der Waals surface area contributed by atoms with Crippen molar-refractivity contribution >= 4 is 33.5 Å². The molecular formula is C12H24N2O4S2.